The van der Waals surface area contributed by atoms with E-state index in [2.05, 4.69) is 0 Å². The van der Waals surface area contributed by atoms with Gasteiger partial charge in [-0.1, -0.05) is 23.7 Å². The summed E-state index contributed by atoms with van der Waals surface area (Å²) in [5, 5.41) is 1.34. The molecule has 0 atom stereocenters. The summed E-state index contributed by atoms with van der Waals surface area (Å²) in [5.74, 6) is 0. The van der Waals surface area contributed by atoms with E-state index in [4.69, 9.17) is 11.6 Å². The van der Waals surface area contributed by atoms with Crippen molar-refractivity contribution in [2.75, 3.05) is 0 Å². The van der Waals surface area contributed by atoms with Gasteiger partial charge in [-0.2, -0.15) is 0 Å². The second kappa shape index (κ2) is 2.99. The molecular formula is C6H4ClFSi. The van der Waals surface area contributed by atoms with Crippen molar-refractivity contribution in [1.29, 1.82) is 0 Å². The molecule has 2 radical (unpaired) electrons. The van der Waals surface area contributed by atoms with Gasteiger partial charge in [0.15, 0.2) is 0 Å². The van der Waals surface area contributed by atoms with Crippen molar-refractivity contribution >= 4 is 26.6 Å². The molecule has 0 heterocycles. The van der Waals surface area contributed by atoms with Gasteiger partial charge in [-0.15, -0.1) is 0 Å². The van der Waals surface area contributed by atoms with Crippen molar-refractivity contribution < 1.29 is 4.11 Å². The van der Waals surface area contributed by atoms with Crippen molar-refractivity contribution in [3.8, 4) is 0 Å². The van der Waals surface area contributed by atoms with Gasteiger partial charge in [-0.25, -0.2) is 0 Å². The Bertz CT molecular complexity index is 185. The molecule has 0 unspecified atom stereocenters. The van der Waals surface area contributed by atoms with E-state index in [1.165, 1.54) is 0 Å². The van der Waals surface area contributed by atoms with Crippen molar-refractivity contribution in [3.63, 3.8) is 0 Å². The number of hydrogen-bond donors (Lipinski definition) is 0. The molecule has 3 heteroatoms. The maximum atomic E-state index is 11.8. The SMILES string of the molecule is F[Si]c1ccc(Cl)cc1. The predicted octanol–water partition coefficient (Wildman–Crippen LogP) is 1.55. The van der Waals surface area contributed by atoms with Crippen LogP contribution in [0.4, 0.5) is 4.11 Å². The van der Waals surface area contributed by atoms with Gasteiger partial charge in [-0.3, -0.25) is 0 Å². The molecule has 0 aromatic heterocycles. The Kier molecular flexibility index (Phi) is 2.25. The quantitative estimate of drug-likeness (QED) is 0.430. The molecule has 0 saturated carbocycles. The Morgan fingerprint density at radius 2 is 1.78 bits per heavy atom. The highest BCUT2D eigenvalue weighted by Gasteiger charge is 1.91. The minimum atomic E-state index is -0.632. The van der Waals surface area contributed by atoms with Gasteiger partial charge in [0, 0.05) is 5.02 Å². The van der Waals surface area contributed by atoms with E-state index >= 15 is 0 Å². The molecule has 0 saturated heterocycles. The molecule has 9 heavy (non-hydrogen) atoms. The summed E-state index contributed by atoms with van der Waals surface area (Å²) < 4.78 is 11.8. The van der Waals surface area contributed by atoms with Crippen LogP contribution in [-0.2, 0) is 0 Å². The Labute approximate surface area is 60.6 Å². The molecule has 1 aromatic rings. The van der Waals surface area contributed by atoms with E-state index in [1.807, 2.05) is 0 Å². The van der Waals surface area contributed by atoms with E-state index < -0.39 is 9.85 Å². The maximum absolute atomic E-state index is 11.8. The van der Waals surface area contributed by atoms with Gasteiger partial charge in [0.25, 0.3) is 0 Å². The van der Waals surface area contributed by atoms with Gasteiger partial charge in [0.1, 0.15) is 0 Å². The summed E-state index contributed by atoms with van der Waals surface area (Å²) in [6.45, 7) is 0. The summed E-state index contributed by atoms with van der Waals surface area (Å²) in [6.07, 6.45) is 0. The van der Waals surface area contributed by atoms with Crippen LogP contribution in [0.15, 0.2) is 24.3 Å². The largest absolute Gasteiger partial charge is 0.333 e. The minimum Gasteiger partial charge on any atom is -0.308 e. The maximum Gasteiger partial charge on any atom is 0.333 e. The number of rotatable bonds is 1. The number of hydrogen-bond acceptors (Lipinski definition) is 0. The summed E-state index contributed by atoms with van der Waals surface area (Å²) in [5.41, 5.74) is 0. The summed E-state index contributed by atoms with van der Waals surface area (Å²) in [6, 6.07) is 6.73. The zero-order valence-corrected chi connectivity index (χ0v) is 6.32. The van der Waals surface area contributed by atoms with E-state index in [1.54, 1.807) is 24.3 Å². The summed E-state index contributed by atoms with van der Waals surface area (Å²) >= 11 is 5.55. The third-order valence-corrected chi connectivity index (χ3v) is 1.76. The fraction of sp³-hybridized carbons (Fsp3) is 0. The molecule has 0 bridgehead atoms. The lowest BCUT2D eigenvalue weighted by Crippen LogP contribution is -2.07. The molecule has 0 aliphatic carbocycles. The van der Waals surface area contributed by atoms with Crippen LogP contribution in [0.25, 0.3) is 0 Å². The standard InChI is InChI=1S/C6H4ClFSi/c7-5-1-3-6(9-8)4-2-5/h1-4H. The molecule has 0 amide bonds. The molecular weight excluding hydrogens is 155 g/mol. The zero-order valence-electron chi connectivity index (χ0n) is 4.57. The van der Waals surface area contributed by atoms with Crippen LogP contribution < -0.4 is 5.19 Å². The first-order valence-electron chi connectivity index (χ1n) is 2.45. The smallest absolute Gasteiger partial charge is 0.308 e. The van der Waals surface area contributed by atoms with Gasteiger partial charge in [0.05, 0.1) is 0 Å². The molecule has 46 valence electrons. The Balaban J connectivity index is 2.88. The van der Waals surface area contributed by atoms with Gasteiger partial charge < -0.3 is 4.11 Å². The van der Waals surface area contributed by atoms with Crippen molar-refractivity contribution in [2.45, 2.75) is 0 Å². The van der Waals surface area contributed by atoms with Crippen LogP contribution >= 0.6 is 11.6 Å². The Morgan fingerprint density at radius 1 is 1.22 bits per heavy atom. The number of halogens is 2. The number of benzene rings is 1. The summed E-state index contributed by atoms with van der Waals surface area (Å²) in [7, 11) is -0.632. The van der Waals surface area contributed by atoms with Gasteiger partial charge in [-0.05, 0) is 17.3 Å². The van der Waals surface area contributed by atoms with Crippen LogP contribution in [0.1, 0.15) is 0 Å². The molecule has 0 aliphatic heterocycles. The first kappa shape index (κ1) is 6.77. The third kappa shape index (κ3) is 1.80. The van der Waals surface area contributed by atoms with Crippen LogP contribution in [0, 0.1) is 0 Å². The zero-order chi connectivity index (χ0) is 6.69. The van der Waals surface area contributed by atoms with E-state index in [0.29, 0.717) is 10.2 Å². The van der Waals surface area contributed by atoms with Crippen LogP contribution in [0.2, 0.25) is 5.02 Å². The predicted molar refractivity (Wildman–Crippen MR) is 37.9 cm³/mol. The molecule has 0 N–H and O–H groups in total. The highest BCUT2D eigenvalue weighted by Crippen LogP contribution is 2.02. The average Bonchev–Trinajstić information content (AvgIpc) is 1.90. The molecule has 1 rings (SSSR count). The van der Waals surface area contributed by atoms with E-state index in [-0.39, 0.29) is 0 Å². The third-order valence-electron chi connectivity index (χ3n) is 0.953. The topological polar surface area (TPSA) is 0 Å². The second-order valence-electron chi connectivity index (χ2n) is 1.60. The first-order chi connectivity index (χ1) is 4.33. The highest BCUT2D eigenvalue weighted by molar-refractivity contribution is 6.46. The molecule has 0 nitrogen and oxygen atoms in total. The lowest BCUT2D eigenvalue weighted by Gasteiger charge is -1.89. The normalized spacial score (nSPS) is 9.56. The van der Waals surface area contributed by atoms with E-state index in [0.717, 1.165) is 0 Å². The Hall–Kier alpha value is -0.343. The highest BCUT2D eigenvalue weighted by atomic mass is 35.5. The molecule has 0 fully saturated rings. The van der Waals surface area contributed by atoms with Crippen molar-refractivity contribution in [3.05, 3.63) is 29.3 Å². The van der Waals surface area contributed by atoms with Crippen LogP contribution in [-0.4, -0.2) is 9.85 Å². The fourth-order valence-electron chi connectivity index (χ4n) is 0.513. The monoisotopic (exact) mass is 158 g/mol. The van der Waals surface area contributed by atoms with Crippen LogP contribution in [0.5, 0.6) is 0 Å². The fourth-order valence-corrected chi connectivity index (χ4v) is 0.932. The second-order valence-corrected chi connectivity index (χ2v) is 2.80. The summed E-state index contributed by atoms with van der Waals surface area (Å²) in [4.78, 5) is 0. The minimum absolute atomic E-state index is 0.632. The average molecular weight is 159 g/mol. The lowest BCUT2D eigenvalue weighted by atomic mass is 10.4. The van der Waals surface area contributed by atoms with Gasteiger partial charge in [0.2, 0.25) is 0 Å². The van der Waals surface area contributed by atoms with Gasteiger partial charge >= 0.3 is 9.85 Å². The lowest BCUT2D eigenvalue weighted by molar-refractivity contribution is 0.885. The van der Waals surface area contributed by atoms with Crippen LogP contribution in [0.3, 0.4) is 0 Å². The molecule has 1 aromatic carbocycles. The van der Waals surface area contributed by atoms with E-state index in [9.17, 15) is 4.11 Å². The molecule has 0 aliphatic rings. The molecule has 0 spiro atoms. The van der Waals surface area contributed by atoms with Crippen molar-refractivity contribution in [1.82, 2.24) is 0 Å². The first-order valence-corrected chi connectivity index (χ1v) is 3.71. The Morgan fingerprint density at radius 3 is 2.22 bits per heavy atom. The van der Waals surface area contributed by atoms with Crippen molar-refractivity contribution in [2.24, 2.45) is 0 Å².